The zero-order chi connectivity index (χ0) is 26.1. The number of Topliss-reactive ketones (excluding diaryl/α,β-unsaturated/α-hetero) is 1. The van der Waals surface area contributed by atoms with E-state index in [2.05, 4.69) is 20.5 Å². The second-order valence-electron chi connectivity index (χ2n) is 9.83. The van der Waals surface area contributed by atoms with E-state index in [1.54, 1.807) is 24.5 Å². The highest BCUT2D eigenvalue weighted by Crippen LogP contribution is 2.34. The number of amides is 2. The SMILES string of the molecule is CC(C)CC(C(=O)c1nnc(SCCN(C)C)o1)N(C=O)C1(NC(=O)c2ccncc2)CCCCC1.Cl.Cl. The average molecular weight is 590 g/mol. The Morgan fingerprint density at radius 2 is 1.79 bits per heavy atom. The molecule has 0 radical (unpaired) electrons. The molecule has 0 bridgehead atoms. The van der Waals surface area contributed by atoms with E-state index >= 15 is 0 Å². The molecule has 2 heterocycles. The van der Waals surface area contributed by atoms with E-state index in [1.807, 2.05) is 32.8 Å². The van der Waals surface area contributed by atoms with Crippen molar-refractivity contribution < 1.29 is 18.8 Å². The molecule has 10 nitrogen and oxygen atoms in total. The average Bonchev–Trinajstić information content (AvgIpc) is 3.33. The van der Waals surface area contributed by atoms with Crippen LogP contribution < -0.4 is 5.32 Å². The van der Waals surface area contributed by atoms with Gasteiger partial charge in [-0.2, -0.15) is 0 Å². The zero-order valence-corrected chi connectivity index (χ0v) is 24.7. The van der Waals surface area contributed by atoms with Gasteiger partial charge in [-0.3, -0.25) is 19.4 Å². The summed E-state index contributed by atoms with van der Waals surface area (Å²) in [4.78, 5) is 47.0. The van der Waals surface area contributed by atoms with Crippen LogP contribution in [0.1, 0.15) is 73.4 Å². The maximum Gasteiger partial charge on any atom is 0.286 e. The minimum Gasteiger partial charge on any atom is -0.408 e. The third kappa shape index (κ3) is 8.93. The first-order valence-electron chi connectivity index (χ1n) is 12.4. The monoisotopic (exact) mass is 588 g/mol. The Morgan fingerprint density at radius 3 is 2.37 bits per heavy atom. The van der Waals surface area contributed by atoms with Crippen LogP contribution >= 0.6 is 36.6 Å². The number of pyridine rings is 1. The Labute approximate surface area is 240 Å². The van der Waals surface area contributed by atoms with Gasteiger partial charge in [-0.15, -0.1) is 35.0 Å². The van der Waals surface area contributed by atoms with Crippen molar-refractivity contribution >= 4 is 54.7 Å². The molecule has 13 heteroatoms. The van der Waals surface area contributed by atoms with E-state index in [-0.39, 0.29) is 42.5 Å². The van der Waals surface area contributed by atoms with E-state index in [4.69, 9.17) is 4.42 Å². The number of nitrogens with zero attached hydrogens (tertiary/aromatic N) is 5. The predicted molar refractivity (Wildman–Crippen MR) is 151 cm³/mol. The van der Waals surface area contributed by atoms with Gasteiger partial charge < -0.3 is 19.5 Å². The topological polar surface area (TPSA) is 122 Å². The van der Waals surface area contributed by atoms with Crippen molar-refractivity contribution in [1.82, 2.24) is 30.3 Å². The molecule has 212 valence electrons. The second-order valence-corrected chi connectivity index (χ2v) is 10.9. The number of aromatic nitrogens is 3. The lowest BCUT2D eigenvalue weighted by molar-refractivity contribution is -0.129. The number of carbonyl (C=O) groups excluding carboxylic acids is 3. The van der Waals surface area contributed by atoms with Gasteiger partial charge in [0.2, 0.25) is 12.2 Å². The normalized spacial score (nSPS) is 15.2. The summed E-state index contributed by atoms with van der Waals surface area (Å²) < 4.78 is 5.69. The van der Waals surface area contributed by atoms with E-state index in [9.17, 15) is 14.4 Å². The number of ketones is 1. The Morgan fingerprint density at radius 1 is 1.13 bits per heavy atom. The molecule has 2 aromatic heterocycles. The van der Waals surface area contributed by atoms with Gasteiger partial charge in [0.15, 0.2) is 0 Å². The van der Waals surface area contributed by atoms with Gasteiger partial charge in [0.05, 0.1) is 0 Å². The Bertz CT molecular complexity index is 1020. The van der Waals surface area contributed by atoms with Gasteiger partial charge in [-0.05, 0) is 64.3 Å². The minimum atomic E-state index is -0.987. The Hall–Kier alpha value is -2.21. The quantitative estimate of drug-likeness (QED) is 0.159. The maximum absolute atomic E-state index is 13.7. The van der Waals surface area contributed by atoms with Crippen molar-refractivity contribution in [2.45, 2.75) is 69.3 Å². The van der Waals surface area contributed by atoms with Crippen molar-refractivity contribution in [3.8, 4) is 0 Å². The van der Waals surface area contributed by atoms with Crippen LogP contribution in [0.3, 0.4) is 0 Å². The van der Waals surface area contributed by atoms with Gasteiger partial charge in [-0.1, -0.05) is 32.0 Å². The summed E-state index contributed by atoms with van der Waals surface area (Å²) in [6.07, 6.45) is 7.96. The molecule has 2 aromatic rings. The van der Waals surface area contributed by atoms with Crippen LogP contribution in [0.25, 0.3) is 0 Å². The first-order chi connectivity index (χ1) is 17.3. The number of hydrogen-bond acceptors (Lipinski definition) is 9. The summed E-state index contributed by atoms with van der Waals surface area (Å²) >= 11 is 1.38. The van der Waals surface area contributed by atoms with Crippen LogP contribution in [-0.2, 0) is 4.79 Å². The third-order valence-corrected chi connectivity index (χ3v) is 7.09. The highest BCUT2D eigenvalue weighted by Gasteiger charge is 2.45. The molecule has 38 heavy (non-hydrogen) atoms. The number of nitrogens with one attached hydrogen (secondary N) is 1. The van der Waals surface area contributed by atoms with Crippen LogP contribution in [-0.4, -0.2) is 81.2 Å². The van der Waals surface area contributed by atoms with E-state index in [0.717, 1.165) is 31.6 Å². The van der Waals surface area contributed by atoms with Crippen molar-refractivity contribution in [1.29, 1.82) is 0 Å². The predicted octanol–water partition coefficient (Wildman–Crippen LogP) is 4.11. The molecule has 2 amide bonds. The van der Waals surface area contributed by atoms with Gasteiger partial charge in [0.25, 0.3) is 17.0 Å². The van der Waals surface area contributed by atoms with Crippen molar-refractivity contribution in [2.75, 3.05) is 26.4 Å². The smallest absolute Gasteiger partial charge is 0.286 e. The standard InChI is InChI=1S/C25H36N6O4S.2ClH/c1-18(2)16-20(21(33)23-28-29-24(35-23)36-15-14-30(3)4)31(17-32)25(10-6-5-7-11-25)27-22(34)19-8-12-26-13-9-19;;/h8-9,12-13,17-18,20H,5-7,10-11,14-16H2,1-4H3,(H,27,34);2*1H. The van der Waals surface area contributed by atoms with Gasteiger partial charge in [-0.25, -0.2) is 0 Å². The first-order valence-corrected chi connectivity index (χ1v) is 13.4. The minimum absolute atomic E-state index is 0. The maximum atomic E-state index is 13.7. The van der Waals surface area contributed by atoms with Gasteiger partial charge >= 0.3 is 0 Å². The molecule has 1 aliphatic rings. The van der Waals surface area contributed by atoms with Crippen LogP contribution in [0, 0.1) is 5.92 Å². The summed E-state index contributed by atoms with van der Waals surface area (Å²) in [6, 6.07) is 2.40. The molecule has 3 rings (SSSR count). The summed E-state index contributed by atoms with van der Waals surface area (Å²) in [7, 11) is 3.95. The number of carbonyl (C=O) groups is 3. The Balaban J connectivity index is 0.00000361. The molecule has 1 fully saturated rings. The second kappa shape index (κ2) is 16.0. The lowest BCUT2D eigenvalue weighted by Gasteiger charge is -2.48. The fraction of sp³-hybridized carbons (Fsp3) is 0.600. The lowest BCUT2D eigenvalue weighted by atomic mass is 9.84. The molecular formula is C25H38Cl2N6O4S. The van der Waals surface area contributed by atoms with Crippen molar-refractivity contribution in [3.63, 3.8) is 0 Å². The summed E-state index contributed by atoms with van der Waals surface area (Å²) in [6.45, 7) is 4.80. The molecular weight excluding hydrogens is 551 g/mol. The molecule has 1 atom stereocenters. The molecule has 0 aromatic carbocycles. The first kappa shape index (κ1) is 33.8. The highest BCUT2D eigenvalue weighted by molar-refractivity contribution is 7.99. The molecule has 1 N–H and O–H groups in total. The van der Waals surface area contributed by atoms with E-state index < -0.39 is 17.5 Å². The van der Waals surface area contributed by atoms with Crippen LogP contribution in [0.5, 0.6) is 0 Å². The van der Waals surface area contributed by atoms with Crippen molar-refractivity contribution in [2.24, 2.45) is 5.92 Å². The molecule has 0 spiro atoms. The fourth-order valence-corrected chi connectivity index (χ4v) is 5.33. The van der Waals surface area contributed by atoms with Gasteiger partial charge in [0, 0.05) is 30.3 Å². The summed E-state index contributed by atoms with van der Waals surface area (Å²) in [5, 5.41) is 11.4. The summed E-state index contributed by atoms with van der Waals surface area (Å²) in [5.74, 6) is 0.00858. The number of halogens is 2. The van der Waals surface area contributed by atoms with Crippen LogP contribution in [0.2, 0.25) is 0 Å². The van der Waals surface area contributed by atoms with Crippen LogP contribution in [0.4, 0.5) is 0 Å². The molecule has 1 saturated carbocycles. The fourth-order valence-electron chi connectivity index (χ4n) is 4.46. The lowest BCUT2D eigenvalue weighted by Crippen LogP contribution is -2.65. The van der Waals surface area contributed by atoms with E-state index in [0.29, 0.717) is 36.5 Å². The molecule has 0 saturated heterocycles. The third-order valence-electron chi connectivity index (χ3n) is 6.29. The number of thioether (sulfide) groups is 1. The molecule has 0 aliphatic heterocycles. The molecule has 1 unspecified atom stereocenters. The zero-order valence-electron chi connectivity index (χ0n) is 22.3. The largest absolute Gasteiger partial charge is 0.408 e. The summed E-state index contributed by atoms with van der Waals surface area (Å²) in [5.41, 5.74) is -0.539. The Kier molecular flexibility index (Phi) is 14.3. The van der Waals surface area contributed by atoms with E-state index in [1.165, 1.54) is 16.7 Å². The van der Waals surface area contributed by atoms with Gasteiger partial charge in [0.1, 0.15) is 11.7 Å². The van der Waals surface area contributed by atoms with Crippen LogP contribution in [0.15, 0.2) is 34.2 Å². The van der Waals surface area contributed by atoms with Crippen molar-refractivity contribution in [3.05, 3.63) is 36.0 Å². The number of hydrogen-bond donors (Lipinski definition) is 1. The number of rotatable bonds is 13. The highest BCUT2D eigenvalue weighted by atomic mass is 35.5. The molecule has 1 aliphatic carbocycles.